The van der Waals surface area contributed by atoms with E-state index < -0.39 is 0 Å². The van der Waals surface area contributed by atoms with Gasteiger partial charge in [0.2, 0.25) is 0 Å². The number of hydrogen-bond acceptors (Lipinski definition) is 6. The van der Waals surface area contributed by atoms with Crippen LogP contribution in [0.25, 0.3) is 0 Å². The third-order valence-corrected chi connectivity index (χ3v) is 4.44. The van der Waals surface area contributed by atoms with Crippen molar-refractivity contribution in [2.45, 2.75) is 39.7 Å². The number of hydrogen-bond donors (Lipinski definition) is 1. The molecule has 0 bridgehead atoms. The zero-order valence-corrected chi connectivity index (χ0v) is 12.6. The van der Waals surface area contributed by atoms with E-state index in [0.717, 1.165) is 30.8 Å². The van der Waals surface area contributed by atoms with Crippen LogP contribution >= 0.6 is 22.9 Å². The van der Waals surface area contributed by atoms with Gasteiger partial charge in [0.25, 0.3) is 0 Å². The van der Waals surface area contributed by atoms with Crippen LogP contribution in [0.3, 0.4) is 0 Å². The number of rotatable bonds is 6. The van der Waals surface area contributed by atoms with Crippen molar-refractivity contribution in [3.8, 4) is 0 Å². The van der Waals surface area contributed by atoms with Gasteiger partial charge in [-0.3, -0.25) is 0 Å². The predicted molar refractivity (Wildman–Crippen MR) is 76.2 cm³/mol. The third kappa shape index (κ3) is 3.34. The zero-order chi connectivity index (χ0) is 13.0. The van der Waals surface area contributed by atoms with Crippen molar-refractivity contribution >= 4 is 22.9 Å². The van der Waals surface area contributed by atoms with Crippen LogP contribution in [0.5, 0.6) is 0 Å². The molecule has 2 aromatic heterocycles. The molecule has 0 saturated carbocycles. The smallest absolute Gasteiger partial charge is 0.0950 e. The minimum atomic E-state index is 0.230. The molecule has 0 aliphatic carbocycles. The number of aromatic nitrogens is 3. The zero-order valence-electron chi connectivity index (χ0n) is 10.9. The van der Waals surface area contributed by atoms with Crippen LogP contribution in [-0.2, 0) is 6.42 Å². The van der Waals surface area contributed by atoms with E-state index in [2.05, 4.69) is 40.7 Å². The lowest BCUT2D eigenvalue weighted by Gasteiger charge is -2.14. The van der Waals surface area contributed by atoms with E-state index >= 15 is 0 Å². The molecule has 2 rings (SSSR count). The van der Waals surface area contributed by atoms with Crippen molar-refractivity contribution in [3.05, 3.63) is 26.7 Å². The summed E-state index contributed by atoms with van der Waals surface area (Å²) in [5.41, 5.74) is 2.17. The van der Waals surface area contributed by atoms with Crippen molar-refractivity contribution in [1.29, 1.82) is 0 Å². The molecule has 1 atom stereocenters. The summed E-state index contributed by atoms with van der Waals surface area (Å²) in [5.74, 6) is 0. The summed E-state index contributed by atoms with van der Waals surface area (Å²) in [6.07, 6.45) is 2.01. The Hall–Kier alpha value is -0.850. The normalized spacial score (nSPS) is 12.8. The lowest BCUT2D eigenvalue weighted by molar-refractivity contribution is 0.516. The highest BCUT2D eigenvalue weighted by Crippen LogP contribution is 2.23. The summed E-state index contributed by atoms with van der Waals surface area (Å²) in [4.78, 5) is 5.90. The predicted octanol–water partition coefficient (Wildman–Crippen LogP) is 2.89. The molecule has 0 aliphatic heterocycles. The summed E-state index contributed by atoms with van der Waals surface area (Å²) < 4.78 is 3.95. The SMILES string of the molecule is CCCNC(Cc1nc(C)c(C)s1)c1csnn1. The molecular formula is C12H18N4S2. The first-order chi connectivity index (χ1) is 8.70. The quantitative estimate of drug-likeness (QED) is 0.885. The average molecular weight is 282 g/mol. The second-order valence-corrected chi connectivity index (χ2v) is 6.19. The Morgan fingerprint density at radius 2 is 2.22 bits per heavy atom. The molecule has 0 saturated heterocycles. The molecular weight excluding hydrogens is 264 g/mol. The molecule has 4 nitrogen and oxygen atoms in total. The summed E-state index contributed by atoms with van der Waals surface area (Å²) in [7, 11) is 0. The molecule has 6 heteroatoms. The highest BCUT2D eigenvalue weighted by atomic mass is 32.1. The summed E-state index contributed by atoms with van der Waals surface area (Å²) >= 11 is 3.18. The van der Waals surface area contributed by atoms with E-state index in [9.17, 15) is 0 Å². The van der Waals surface area contributed by atoms with Crippen LogP contribution < -0.4 is 5.32 Å². The maximum Gasteiger partial charge on any atom is 0.0950 e. The molecule has 2 aromatic rings. The number of thiazole rings is 1. The van der Waals surface area contributed by atoms with Gasteiger partial charge in [-0.15, -0.1) is 16.4 Å². The van der Waals surface area contributed by atoms with E-state index in [4.69, 9.17) is 0 Å². The number of nitrogens with zero attached hydrogens (tertiary/aromatic N) is 3. The Morgan fingerprint density at radius 1 is 1.39 bits per heavy atom. The molecule has 18 heavy (non-hydrogen) atoms. The van der Waals surface area contributed by atoms with Gasteiger partial charge < -0.3 is 5.32 Å². The highest BCUT2D eigenvalue weighted by Gasteiger charge is 2.16. The molecule has 2 heterocycles. The standard InChI is InChI=1S/C12H18N4S2/c1-4-5-13-10(11-7-17-16-15-11)6-12-14-8(2)9(3)18-12/h7,10,13H,4-6H2,1-3H3. The fourth-order valence-corrected chi connectivity index (χ4v) is 3.21. The summed E-state index contributed by atoms with van der Waals surface area (Å²) in [5, 5.41) is 10.9. The fraction of sp³-hybridized carbons (Fsp3) is 0.583. The van der Waals surface area contributed by atoms with Gasteiger partial charge in [-0.2, -0.15) is 0 Å². The first kappa shape index (κ1) is 13.6. The first-order valence-electron chi connectivity index (χ1n) is 6.14. The van der Waals surface area contributed by atoms with Gasteiger partial charge >= 0.3 is 0 Å². The lowest BCUT2D eigenvalue weighted by atomic mass is 10.1. The van der Waals surface area contributed by atoms with Crippen molar-refractivity contribution in [2.24, 2.45) is 0 Å². The number of nitrogens with one attached hydrogen (secondary N) is 1. The lowest BCUT2D eigenvalue weighted by Crippen LogP contribution is -2.24. The van der Waals surface area contributed by atoms with Crippen LogP contribution in [0.1, 0.15) is 40.7 Å². The largest absolute Gasteiger partial charge is 0.308 e. The fourth-order valence-electron chi connectivity index (χ4n) is 1.72. The second-order valence-electron chi connectivity index (χ2n) is 4.29. The van der Waals surface area contributed by atoms with E-state index in [0.29, 0.717) is 0 Å². The maximum absolute atomic E-state index is 4.60. The molecule has 0 amide bonds. The van der Waals surface area contributed by atoms with Crippen LogP contribution in [0.2, 0.25) is 0 Å². The van der Waals surface area contributed by atoms with Gasteiger partial charge in [0.15, 0.2) is 0 Å². The Kier molecular flexibility index (Phi) is 4.79. The Bertz CT molecular complexity index is 459. The monoisotopic (exact) mass is 282 g/mol. The summed E-state index contributed by atoms with van der Waals surface area (Å²) in [6.45, 7) is 7.34. The molecule has 0 aliphatic rings. The van der Waals surface area contributed by atoms with Crippen LogP contribution in [0, 0.1) is 13.8 Å². The van der Waals surface area contributed by atoms with Crippen molar-refractivity contribution in [2.75, 3.05) is 6.54 Å². The molecule has 0 aromatic carbocycles. The Morgan fingerprint density at radius 3 is 2.78 bits per heavy atom. The molecule has 0 spiro atoms. The van der Waals surface area contributed by atoms with Crippen molar-refractivity contribution < 1.29 is 0 Å². The van der Waals surface area contributed by atoms with Gasteiger partial charge in [0.05, 0.1) is 22.4 Å². The molecule has 0 radical (unpaired) electrons. The van der Waals surface area contributed by atoms with Crippen molar-refractivity contribution in [1.82, 2.24) is 19.9 Å². The van der Waals surface area contributed by atoms with Gasteiger partial charge in [-0.25, -0.2) is 4.98 Å². The van der Waals surface area contributed by atoms with Gasteiger partial charge in [-0.1, -0.05) is 11.4 Å². The van der Waals surface area contributed by atoms with Gasteiger partial charge in [-0.05, 0) is 38.3 Å². The van der Waals surface area contributed by atoms with E-state index in [1.807, 2.05) is 5.38 Å². The minimum absolute atomic E-state index is 0.230. The van der Waals surface area contributed by atoms with E-state index in [1.165, 1.54) is 21.4 Å². The topological polar surface area (TPSA) is 50.7 Å². The first-order valence-corrected chi connectivity index (χ1v) is 7.79. The Labute approximate surface area is 116 Å². The highest BCUT2D eigenvalue weighted by molar-refractivity contribution is 7.11. The Balaban J connectivity index is 2.09. The van der Waals surface area contributed by atoms with Crippen LogP contribution in [0.15, 0.2) is 5.38 Å². The maximum atomic E-state index is 4.60. The molecule has 1 N–H and O–H groups in total. The van der Waals surface area contributed by atoms with Crippen molar-refractivity contribution in [3.63, 3.8) is 0 Å². The van der Waals surface area contributed by atoms with Gasteiger partial charge in [0.1, 0.15) is 0 Å². The van der Waals surface area contributed by atoms with Crippen LogP contribution in [0.4, 0.5) is 0 Å². The van der Waals surface area contributed by atoms with E-state index in [-0.39, 0.29) is 6.04 Å². The molecule has 0 fully saturated rings. The third-order valence-electron chi connectivity index (χ3n) is 2.83. The second kappa shape index (κ2) is 6.36. The van der Waals surface area contributed by atoms with Gasteiger partial charge in [0, 0.05) is 16.7 Å². The van der Waals surface area contributed by atoms with Crippen LogP contribution in [-0.4, -0.2) is 21.1 Å². The molecule has 98 valence electrons. The average Bonchev–Trinajstić information content (AvgIpc) is 2.96. The number of aryl methyl sites for hydroxylation is 2. The molecule has 1 unspecified atom stereocenters. The summed E-state index contributed by atoms with van der Waals surface area (Å²) in [6, 6.07) is 0.230. The minimum Gasteiger partial charge on any atom is -0.308 e. The van der Waals surface area contributed by atoms with E-state index in [1.54, 1.807) is 11.3 Å².